The molecule has 2 saturated heterocycles. The van der Waals surface area contributed by atoms with Gasteiger partial charge < -0.3 is 9.64 Å². The van der Waals surface area contributed by atoms with E-state index in [9.17, 15) is 14.4 Å². The Morgan fingerprint density at radius 1 is 1.38 bits per heavy atom. The zero-order chi connectivity index (χ0) is 15.8. The number of carbonyl (C=O) groups excluding carboxylic acids is 3. The van der Waals surface area contributed by atoms with Gasteiger partial charge in [-0.15, -0.1) is 0 Å². The lowest BCUT2D eigenvalue weighted by molar-refractivity contribution is -0.148. The first-order valence-electron chi connectivity index (χ1n) is 7.34. The molecule has 0 aromatic heterocycles. The number of carbonyl (C=O) groups is 3. The van der Waals surface area contributed by atoms with Crippen LogP contribution in [0.1, 0.15) is 47.0 Å². The van der Waals surface area contributed by atoms with Crippen LogP contribution in [-0.2, 0) is 14.3 Å². The Balaban J connectivity index is 2.35. The standard InChI is InChI=1S/C15H22N2O4/c1-5-7-11-12(18)16-9-6-8-10(16)13(19)17(11)14(20)21-15(2,3)4/h7,10H,5-6,8-9H2,1-4H3/b11-7-/t10-/m0/s1. The van der Waals surface area contributed by atoms with Gasteiger partial charge in [0, 0.05) is 6.54 Å². The first-order chi connectivity index (χ1) is 9.76. The molecule has 2 heterocycles. The Labute approximate surface area is 124 Å². The second-order valence-electron chi connectivity index (χ2n) is 6.31. The summed E-state index contributed by atoms with van der Waals surface area (Å²) in [6.45, 7) is 7.61. The molecule has 0 unspecified atom stereocenters. The molecule has 0 spiro atoms. The van der Waals surface area contributed by atoms with Crippen molar-refractivity contribution in [2.45, 2.75) is 58.6 Å². The van der Waals surface area contributed by atoms with Crippen LogP contribution in [0.5, 0.6) is 0 Å². The van der Waals surface area contributed by atoms with Crippen molar-refractivity contribution in [3.8, 4) is 0 Å². The third kappa shape index (κ3) is 2.94. The van der Waals surface area contributed by atoms with Gasteiger partial charge in [0.2, 0.25) is 0 Å². The second kappa shape index (κ2) is 5.50. The number of allylic oxidation sites excluding steroid dienone is 1. The van der Waals surface area contributed by atoms with Crippen molar-refractivity contribution in [1.29, 1.82) is 0 Å². The molecule has 2 rings (SSSR count). The molecule has 2 fully saturated rings. The highest BCUT2D eigenvalue weighted by Crippen LogP contribution is 2.30. The van der Waals surface area contributed by atoms with E-state index in [4.69, 9.17) is 4.74 Å². The summed E-state index contributed by atoms with van der Waals surface area (Å²) in [5.74, 6) is -0.620. The molecule has 6 nitrogen and oxygen atoms in total. The Morgan fingerprint density at radius 2 is 2.05 bits per heavy atom. The fourth-order valence-electron chi connectivity index (χ4n) is 2.64. The maximum atomic E-state index is 12.6. The molecular weight excluding hydrogens is 272 g/mol. The van der Waals surface area contributed by atoms with E-state index >= 15 is 0 Å². The molecule has 2 aliphatic rings. The summed E-state index contributed by atoms with van der Waals surface area (Å²) in [6, 6.07) is -0.529. The van der Waals surface area contributed by atoms with Gasteiger partial charge in [-0.05, 0) is 40.0 Å². The molecule has 0 saturated carbocycles. The molecule has 0 N–H and O–H groups in total. The fraction of sp³-hybridized carbons (Fsp3) is 0.667. The quantitative estimate of drug-likeness (QED) is 0.694. The molecule has 2 aliphatic heterocycles. The van der Waals surface area contributed by atoms with Crippen LogP contribution < -0.4 is 0 Å². The van der Waals surface area contributed by atoms with Gasteiger partial charge in [-0.25, -0.2) is 9.69 Å². The van der Waals surface area contributed by atoms with E-state index in [1.54, 1.807) is 31.7 Å². The lowest BCUT2D eigenvalue weighted by atomic mass is 10.1. The number of ether oxygens (including phenoxy) is 1. The maximum Gasteiger partial charge on any atom is 0.421 e. The minimum Gasteiger partial charge on any atom is -0.443 e. The molecule has 0 aromatic carbocycles. The van der Waals surface area contributed by atoms with Crippen molar-refractivity contribution < 1.29 is 19.1 Å². The predicted molar refractivity (Wildman–Crippen MR) is 76.2 cm³/mol. The molecule has 0 aromatic rings. The zero-order valence-corrected chi connectivity index (χ0v) is 13.0. The van der Waals surface area contributed by atoms with Gasteiger partial charge in [0.15, 0.2) is 0 Å². The van der Waals surface area contributed by atoms with Gasteiger partial charge in [-0.2, -0.15) is 0 Å². The third-order valence-corrected chi connectivity index (χ3v) is 3.45. The summed E-state index contributed by atoms with van der Waals surface area (Å²) in [5.41, 5.74) is -0.597. The number of rotatable bonds is 1. The highest BCUT2D eigenvalue weighted by Gasteiger charge is 2.48. The van der Waals surface area contributed by atoms with Crippen molar-refractivity contribution in [2.24, 2.45) is 0 Å². The Hall–Kier alpha value is -1.85. The zero-order valence-electron chi connectivity index (χ0n) is 13.0. The molecule has 116 valence electrons. The van der Waals surface area contributed by atoms with Crippen LogP contribution in [0, 0.1) is 0 Å². The Bertz CT molecular complexity index is 504. The topological polar surface area (TPSA) is 66.9 Å². The number of amides is 3. The van der Waals surface area contributed by atoms with Gasteiger partial charge in [0.1, 0.15) is 17.3 Å². The van der Waals surface area contributed by atoms with Crippen LogP contribution in [0.4, 0.5) is 4.79 Å². The molecule has 0 aliphatic carbocycles. The first kappa shape index (κ1) is 15.5. The first-order valence-corrected chi connectivity index (χ1v) is 7.34. The van der Waals surface area contributed by atoms with Gasteiger partial charge >= 0.3 is 6.09 Å². The SMILES string of the molecule is CC/C=C1/C(=O)N2CCC[C@H]2C(=O)N1C(=O)OC(C)(C)C. The summed E-state index contributed by atoms with van der Waals surface area (Å²) in [4.78, 5) is 39.8. The van der Waals surface area contributed by atoms with Crippen molar-refractivity contribution in [3.63, 3.8) is 0 Å². The van der Waals surface area contributed by atoms with Gasteiger partial charge in [-0.3, -0.25) is 9.59 Å². The van der Waals surface area contributed by atoms with Crippen molar-refractivity contribution in [1.82, 2.24) is 9.80 Å². The molecule has 0 radical (unpaired) electrons. The highest BCUT2D eigenvalue weighted by molar-refractivity contribution is 6.11. The number of fused-ring (bicyclic) bond motifs is 1. The molecule has 21 heavy (non-hydrogen) atoms. The smallest absolute Gasteiger partial charge is 0.421 e. The van der Waals surface area contributed by atoms with Crippen LogP contribution in [0.25, 0.3) is 0 Å². The van der Waals surface area contributed by atoms with Crippen LogP contribution >= 0.6 is 0 Å². The summed E-state index contributed by atoms with van der Waals surface area (Å²) >= 11 is 0. The maximum absolute atomic E-state index is 12.6. The molecular formula is C15H22N2O4. The van der Waals surface area contributed by atoms with Crippen LogP contribution in [0.2, 0.25) is 0 Å². The lowest BCUT2D eigenvalue weighted by Gasteiger charge is -2.37. The minimum absolute atomic E-state index is 0.120. The minimum atomic E-state index is -0.771. The average molecular weight is 294 g/mol. The summed E-state index contributed by atoms with van der Waals surface area (Å²) in [6.07, 6.45) is 2.78. The highest BCUT2D eigenvalue weighted by atomic mass is 16.6. The average Bonchev–Trinajstić information content (AvgIpc) is 2.83. The van der Waals surface area contributed by atoms with E-state index in [2.05, 4.69) is 0 Å². The normalized spacial score (nSPS) is 24.6. The number of nitrogens with zero attached hydrogens (tertiary/aromatic N) is 2. The molecule has 0 bridgehead atoms. The number of piperazine rings is 1. The molecule has 6 heteroatoms. The predicted octanol–water partition coefficient (Wildman–Crippen LogP) is 2.05. The van der Waals surface area contributed by atoms with Crippen LogP contribution in [-0.4, -0.2) is 45.9 Å². The van der Waals surface area contributed by atoms with Crippen molar-refractivity contribution in [2.75, 3.05) is 6.54 Å². The molecule has 3 amide bonds. The monoisotopic (exact) mass is 294 g/mol. The van der Waals surface area contributed by atoms with E-state index in [-0.39, 0.29) is 17.5 Å². The fourth-order valence-corrected chi connectivity index (χ4v) is 2.64. The lowest BCUT2D eigenvalue weighted by Crippen LogP contribution is -2.58. The van der Waals surface area contributed by atoms with Crippen LogP contribution in [0.3, 0.4) is 0 Å². The largest absolute Gasteiger partial charge is 0.443 e. The number of imide groups is 1. The summed E-state index contributed by atoms with van der Waals surface area (Å²) in [5, 5.41) is 0. The molecule has 1 atom stereocenters. The van der Waals surface area contributed by atoms with Crippen molar-refractivity contribution in [3.05, 3.63) is 11.8 Å². The van der Waals surface area contributed by atoms with E-state index in [1.165, 1.54) is 0 Å². The summed E-state index contributed by atoms with van der Waals surface area (Å²) < 4.78 is 5.28. The van der Waals surface area contributed by atoms with E-state index in [1.807, 2.05) is 6.92 Å². The van der Waals surface area contributed by atoms with Gasteiger partial charge in [0.25, 0.3) is 11.8 Å². The van der Waals surface area contributed by atoms with Crippen LogP contribution in [0.15, 0.2) is 11.8 Å². The Kier molecular flexibility index (Phi) is 4.07. The van der Waals surface area contributed by atoms with Crippen molar-refractivity contribution >= 4 is 17.9 Å². The summed E-state index contributed by atoms with van der Waals surface area (Å²) in [7, 11) is 0. The Morgan fingerprint density at radius 3 is 2.62 bits per heavy atom. The van der Waals surface area contributed by atoms with E-state index < -0.39 is 17.7 Å². The number of hydrogen-bond acceptors (Lipinski definition) is 4. The van der Waals surface area contributed by atoms with E-state index in [0.29, 0.717) is 19.4 Å². The number of hydrogen-bond donors (Lipinski definition) is 0. The second-order valence-corrected chi connectivity index (χ2v) is 6.31. The third-order valence-electron chi connectivity index (χ3n) is 3.45. The van der Waals surface area contributed by atoms with Gasteiger partial charge in [-0.1, -0.05) is 13.0 Å². The van der Waals surface area contributed by atoms with Gasteiger partial charge in [0.05, 0.1) is 0 Å². The van der Waals surface area contributed by atoms with E-state index in [0.717, 1.165) is 11.3 Å².